The number of aromatic nitrogens is 3. The van der Waals surface area contributed by atoms with Gasteiger partial charge in [-0.25, -0.2) is 4.98 Å². The van der Waals surface area contributed by atoms with Gasteiger partial charge in [0.25, 0.3) is 5.56 Å². The van der Waals surface area contributed by atoms with Gasteiger partial charge in [-0.3, -0.25) is 9.69 Å². The smallest absolute Gasteiger partial charge is 0.275 e. The van der Waals surface area contributed by atoms with Gasteiger partial charge in [0.15, 0.2) is 0 Å². The van der Waals surface area contributed by atoms with Gasteiger partial charge < -0.3 is 5.32 Å². The van der Waals surface area contributed by atoms with Gasteiger partial charge in [0.05, 0.1) is 6.54 Å². The lowest BCUT2D eigenvalue weighted by Crippen LogP contribution is -2.27. The Balaban J connectivity index is 1.85. The second-order valence-corrected chi connectivity index (χ2v) is 5.85. The first-order valence-electron chi connectivity index (χ1n) is 6.52. The Morgan fingerprint density at radius 3 is 3.21 bits per heavy atom. The van der Waals surface area contributed by atoms with E-state index in [-0.39, 0.29) is 5.56 Å². The summed E-state index contributed by atoms with van der Waals surface area (Å²) in [6.45, 7) is 6.83. The topological polar surface area (TPSA) is 62.5 Å². The molecule has 0 saturated carbocycles. The highest BCUT2D eigenvalue weighted by Crippen LogP contribution is 2.14. The Bertz CT molecular complexity index is 627. The Kier molecular flexibility index (Phi) is 3.58. The fourth-order valence-corrected chi connectivity index (χ4v) is 3.26. The van der Waals surface area contributed by atoms with Gasteiger partial charge in [-0.05, 0) is 26.4 Å². The molecule has 1 aliphatic heterocycles. The number of fused-ring (bicyclic) bond motifs is 1. The minimum absolute atomic E-state index is 0.0949. The quantitative estimate of drug-likeness (QED) is 0.854. The van der Waals surface area contributed by atoms with Crippen LogP contribution in [0.15, 0.2) is 10.9 Å². The van der Waals surface area contributed by atoms with Gasteiger partial charge in [0.1, 0.15) is 5.01 Å². The summed E-state index contributed by atoms with van der Waals surface area (Å²) in [5, 5.41) is 8.71. The predicted octanol–water partition coefficient (Wildman–Crippen LogP) is 0.255. The highest BCUT2D eigenvalue weighted by Gasteiger charge is 2.13. The fraction of sp³-hybridized carbons (Fsp3) is 0.583. The van der Waals surface area contributed by atoms with E-state index in [2.05, 4.69) is 20.3 Å². The van der Waals surface area contributed by atoms with Crippen LogP contribution in [0, 0.1) is 6.92 Å². The summed E-state index contributed by atoms with van der Waals surface area (Å²) in [6, 6.07) is 1.52. The highest BCUT2D eigenvalue weighted by molar-refractivity contribution is 7.16. The van der Waals surface area contributed by atoms with Crippen LogP contribution < -0.4 is 10.9 Å². The van der Waals surface area contributed by atoms with E-state index in [0.717, 1.165) is 49.8 Å². The zero-order valence-corrected chi connectivity index (χ0v) is 11.7. The molecule has 19 heavy (non-hydrogen) atoms. The Labute approximate surface area is 115 Å². The molecule has 1 aliphatic rings. The molecule has 2 aromatic heterocycles. The van der Waals surface area contributed by atoms with Crippen molar-refractivity contribution < 1.29 is 0 Å². The maximum Gasteiger partial charge on any atom is 0.275 e. The Morgan fingerprint density at radius 1 is 1.42 bits per heavy atom. The van der Waals surface area contributed by atoms with Crippen molar-refractivity contribution >= 4 is 16.3 Å². The predicted molar refractivity (Wildman–Crippen MR) is 74.6 cm³/mol. The average molecular weight is 279 g/mol. The minimum atomic E-state index is -0.0949. The highest BCUT2D eigenvalue weighted by atomic mass is 32.1. The van der Waals surface area contributed by atoms with E-state index in [0.29, 0.717) is 4.96 Å². The van der Waals surface area contributed by atoms with E-state index >= 15 is 0 Å². The molecule has 1 fully saturated rings. The van der Waals surface area contributed by atoms with Crippen molar-refractivity contribution in [3.8, 4) is 0 Å². The van der Waals surface area contributed by atoms with Crippen LogP contribution in [-0.2, 0) is 6.54 Å². The molecule has 0 atom stereocenters. The van der Waals surface area contributed by atoms with Crippen LogP contribution in [0.5, 0.6) is 0 Å². The molecule has 0 unspecified atom stereocenters. The van der Waals surface area contributed by atoms with Crippen molar-refractivity contribution in [2.45, 2.75) is 19.9 Å². The molecule has 0 aliphatic carbocycles. The second-order valence-electron chi connectivity index (χ2n) is 4.81. The molecule has 0 bridgehead atoms. The number of nitrogens with one attached hydrogen (secondary N) is 1. The Morgan fingerprint density at radius 2 is 2.32 bits per heavy atom. The van der Waals surface area contributed by atoms with Crippen molar-refractivity contribution in [2.24, 2.45) is 0 Å². The molecule has 0 aromatic carbocycles. The third kappa shape index (κ3) is 2.83. The molecule has 3 rings (SSSR count). The lowest BCUT2D eigenvalue weighted by atomic mass is 10.4. The summed E-state index contributed by atoms with van der Waals surface area (Å²) in [5.41, 5.74) is 0.654. The third-order valence-corrected chi connectivity index (χ3v) is 4.10. The number of hydrogen-bond acceptors (Lipinski definition) is 6. The molecule has 2 aromatic rings. The molecule has 0 amide bonds. The number of aryl methyl sites for hydroxylation is 1. The van der Waals surface area contributed by atoms with E-state index in [1.807, 2.05) is 6.92 Å². The van der Waals surface area contributed by atoms with Gasteiger partial charge >= 0.3 is 0 Å². The van der Waals surface area contributed by atoms with E-state index in [1.165, 1.54) is 21.9 Å². The van der Waals surface area contributed by atoms with Gasteiger partial charge in [-0.1, -0.05) is 11.3 Å². The first-order chi connectivity index (χ1) is 9.22. The van der Waals surface area contributed by atoms with E-state index in [9.17, 15) is 4.79 Å². The number of nitrogens with zero attached hydrogens (tertiary/aromatic N) is 4. The standard InChI is InChI=1S/C12H17N5OS/c1-9-7-11(18)17-12(14-9)19-10(15-17)8-16-5-2-3-13-4-6-16/h7,13H,2-6,8H2,1H3. The summed E-state index contributed by atoms with van der Waals surface area (Å²) < 4.78 is 1.41. The first-order valence-corrected chi connectivity index (χ1v) is 7.33. The molecule has 0 radical (unpaired) electrons. The summed E-state index contributed by atoms with van der Waals surface area (Å²) >= 11 is 1.50. The number of hydrogen-bond donors (Lipinski definition) is 1. The van der Waals surface area contributed by atoms with Gasteiger partial charge in [-0.2, -0.15) is 9.61 Å². The molecule has 0 spiro atoms. The van der Waals surface area contributed by atoms with Gasteiger partial charge in [0, 0.05) is 24.8 Å². The summed E-state index contributed by atoms with van der Waals surface area (Å²) in [4.78, 5) is 19.2. The lowest BCUT2D eigenvalue weighted by Gasteiger charge is -2.16. The zero-order valence-electron chi connectivity index (χ0n) is 10.9. The second kappa shape index (κ2) is 5.36. The average Bonchev–Trinajstić information content (AvgIpc) is 2.58. The molecular weight excluding hydrogens is 262 g/mol. The SMILES string of the molecule is Cc1cc(=O)n2nc(CN3CCCNCC3)sc2n1. The van der Waals surface area contributed by atoms with Crippen LogP contribution in [0.25, 0.3) is 4.96 Å². The largest absolute Gasteiger partial charge is 0.315 e. The van der Waals surface area contributed by atoms with Crippen molar-refractivity contribution in [3.63, 3.8) is 0 Å². The molecule has 1 saturated heterocycles. The van der Waals surface area contributed by atoms with Crippen molar-refractivity contribution in [2.75, 3.05) is 26.2 Å². The van der Waals surface area contributed by atoms with Crippen LogP contribution in [0.2, 0.25) is 0 Å². The third-order valence-electron chi connectivity index (χ3n) is 3.21. The molecular formula is C12H17N5OS. The van der Waals surface area contributed by atoms with Crippen molar-refractivity contribution in [1.29, 1.82) is 0 Å². The van der Waals surface area contributed by atoms with Crippen molar-refractivity contribution in [1.82, 2.24) is 24.8 Å². The maximum absolute atomic E-state index is 11.8. The van der Waals surface area contributed by atoms with E-state index in [1.54, 1.807) is 0 Å². The monoisotopic (exact) mass is 279 g/mol. The van der Waals surface area contributed by atoms with E-state index < -0.39 is 0 Å². The first kappa shape index (κ1) is 12.7. The molecule has 102 valence electrons. The molecule has 3 heterocycles. The zero-order chi connectivity index (χ0) is 13.2. The maximum atomic E-state index is 11.8. The van der Waals surface area contributed by atoms with Gasteiger partial charge in [-0.15, -0.1) is 0 Å². The van der Waals surface area contributed by atoms with E-state index in [4.69, 9.17) is 0 Å². The molecule has 1 N–H and O–H groups in total. The van der Waals surface area contributed by atoms with Gasteiger partial charge in [0.2, 0.25) is 4.96 Å². The van der Waals surface area contributed by atoms with Crippen LogP contribution >= 0.6 is 11.3 Å². The van der Waals surface area contributed by atoms with Crippen LogP contribution in [0.3, 0.4) is 0 Å². The Hall–Kier alpha value is -1.31. The normalized spacial score (nSPS) is 17.7. The van der Waals surface area contributed by atoms with Crippen LogP contribution in [0.1, 0.15) is 17.1 Å². The van der Waals surface area contributed by atoms with Crippen LogP contribution in [0.4, 0.5) is 0 Å². The van der Waals surface area contributed by atoms with Crippen molar-refractivity contribution in [3.05, 3.63) is 27.1 Å². The molecule has 7 heteroatoms. The number of rotatable bonds is 2. The van der Waals surface area contributed by atoms with Crippen LogP contribution in [-0.4, -0.2) is 45.7 Å². The molecule has 6 nitrogen and oxygen atoms in total. The summed E-state index contributed by atoms with van der Waals surface area (Å²) in [7, 11) is 0. The summed E-state index contributed by atoms with van der Waals surface area (Å²) in [5.74, 6) is 0. The lowest BCUT2D eigenvalue weighted by molar-refractivity contribution is 0.283. The summed E-state index contributed by atoms with van der Waals surface area (Å²) in [6.07, 6.45) is 1.15. The fourth-order valence-electron chi connectivity index (χ4n) is 2.27. The minimum Gasteiger partial charge on any atom is -0.315 e.